The minimum absolute atomic E-state index is 0.122. The summed E-state index contributed by atoms with van der Waals surface area (Å²) in [6, 6.07) is 15.9. The molecule has 0 aliphatic rings. The Morgan fingerprint density at radius 1 is 1.20 bits per heavy atom. The predicted octanol–water partition coefficient (Wildman–Crippen LogP) is 5.07. The van der Waals surface area contributed by atoms with Crippen LogP contribution in [0.3, 0.4) is 0 Å². The van der Waals surface area contributed by atoms with Gasteiger partial charge in [0, 0.05) is 28.4 Å². The minimum atomic E-state index is -0.200. The van der Waals surface area contributed by atoms with Gasteiger partial charge in [-0.25, -0.2) is 4.98 Å². The topological polar surface area (TPSA) is 72.7 Å². The van der Waals surface area contributed by atoms with Crippen LogP contribution < -0.4 is 15.6 Å². The molecule has 0 radical (unpaired) electrons. The Morgan fingerprint density at radius 2 is 2.03 bits per heavy atom. The van der Waals surface area contributed by atoms with Gasteiger partial charge in [-0.05, 0) is 30.3 Å². The van der Waals surface area contributed by atoms with Crippen molar-refractivity contribution in [2.24, 2.45) is 0 Å². The van der Waals surface area contributed by atoms with Crippen LogP contribution in [0.25, 0.3) is 4.96 Å². The molecule has 0 fully saturated rings. The lowest BCUT2D eigenvalue weighted by Gasteiger charge is -2.13. The van der Waals surface area contributed by atoms with E-state index in [2.05, 4.69) is 10.3 Å². The standard InChI is InChI=1S/C21H16ClN3O3S2/c22-14-6-7-18(28-16-4-2-1-3-5-16)17(10-14)24-19(26)13-29-12-15-11-20(27)25-8-9-30-21(25)23-15/h1-11H,12-13H2,(H,24,26). The van der Waals surface area contributed by atoms with E-state index in [1.54, 1.807) is 24.4 Å². The SMILES string of the molecule is O=C(CSCc1cc(=O)n2ccsc2n1)Nc1cc(Cl)ccc1Oc1ccccc1. The van der Waals surface area contributed by atoms with Gasteiger partial charge in [0.15, 0.2) is 10.7 Å². The van der Waals surface area contributed by atoms with Crippen LogP contribution in [0.5, 0.6) is 11.5 Å². The number of ether oxygens (including phenoxy) is 1. The fourth-order valence-corrected chi connectivity index (χ4v) is 4.33. The maximum atomic E-state index is 12.4. The number of carbonyl (C=O) groups is 1. The molecule has 1 N–H and O–H groups in total. The third-order valence-corrected chi connectivity index (χ3v) is 5.98. The van der Waals surface area contributed by atoms with Gasteiger partial charge in [0.1, 0.15) is 5.75 Å². The van der Waals surface area contributed by atoms with Crippen molar-refractivity contribution in [3.05, 3.63) is 87.2 Å². The molecule has 2 aromatic heterocycles. The molecule has 0 saturated carbocycles. The zero-order chi connectivity index (χ0) is 20.9. The number of benzene rings is 2. The second kappa shape index (κ2) is 9.34. The first-order valence-corrected chi connectivity index (χ1v) is 11.4. The van der Waals surface area contributed by atoms with Crippen molar-refractivity contribution >= 4 is 51.3 Å². The summed E-state index contributed by atoms with van der Waals surface area (Å²) in [4.78, 5) is 29.6. The number of rotatable bonds is 7. The molecule has 2 aromatic carbocycles. The molecule has 0 aliphatic carbocycles. The van der Waals surface area contributed by atoms with E-state index >= 15 is 0 Å². The molecule has 4 aromatic rings. The molecular formula is C21H16ClN3O3S2. The number of aromatic nitrogens is 2. The number of halogens is 1. The molecule has 0 spiro atoms. The van der Waals surface area contributed by atoms with Crippen molar-refractivity contribution in [2.45, 2.75) is 5.75 Å². The van der Waals surface area contributed by atoms with Gasteiger partial charge >= 0.3 is 0 Å². The summed E-state index contributed by atoms with van der Waals surface area (Å²) in [5.74, 6) is 1.62. The molecule has 0 saturated heterocycles. The summed E-state index contributed by atoms with van der Waals surface area (Å²) in [6.45, 7) is 0. The molecule has 9 heteroatoms. The van der Waals surface area contributed by atoms with E-state index in [-0.39, 0.29) is 17.2 Å². The van der Waals surface area contributed by atoms with Gasteiger partial charge in [0.2, 0.25) is 5.91 Å². The molecule has 6 nitrogen and oxygen atoms in total. The smallest absolute Gasteiger partial charge is 0.258 e. The second-order valence-corrected chi connectivity index (χ2v) is 8.53. The molecule has 0 atom stereocenters. The Hall–Kier alpha value is -2.81. The summed E-state index contributed by atoms with van der Waals surface area (Å²) in [7, 11) is 0. The Labute approximate surface area is 185 Å². The van der Waals surface area contributed by atoms with Crippen LogP contribution in [0, 0.1) is 0 Å². The normalized spacial score (nSPS) is 10.8. The number of amides is 1. The summed E-state index contributed by atoms with van der Waals surface area (Å²) in [5, 5.41) is 5.15. The lowest BCUT2D eigenvalue weighted by molar-refractivity contribution is -0.113. The fourth-order valence-electron chi connectivity index (χ4n) is 2.70. The number of hydrogen-bond acceptors (Lipinski definition) is 6. The van der Waals surface area contributed by atoms with E-state index in [0.717, 1.165) is 0 Å². The first kappa shape index (κ1) is 20.5. The van der Waals surface area contributed by atoms with Gasteiger partial charge in [-0.3, -0.25) is 14.0 Å². The molecular weight excluding hydrogens is 442 g/mol. The van der Waals surface area contributed by atoms with Crippen molar-refractivity contribution in [3.63, 3.8) is 0 Å². The Balaban J connectivity index is 1.38. The Kier molecular flexibility index (Phi) is 6.37. The van der Waals surface area contributed by atoms with Crippen LogP contribution in [-0.2, 0) is 10.5 Å². The lowest BCUT2D eigenvalue weighted by atomic mass is 10.3. The van der Waals surface area contributed by atoms with Crippen LogP contribution >= 0.6 is 34.7 Å². The Bertz CT molecular complexity index is 1240. The van der Waals surface area contributed by atoms with Gasteiger partial charge in [-0.15, -0.1) is 23.1 Å². The van der Waals surface area contributed by atoms with Crippen molar-refractivity contribution in [2.75, 3.05) is 11.1 Å². The maximum absolute atomic E-state index is 12.4. The van der Waals surface area contributed by atoms with E-state index in [0.29, 0.717) is 38.6 Å². The van der Waals surface area contributed by atoms with Gasteiger partial charge in [0.05, 0.1) is 17.1 Å². The number of para-hydroxylation sites is 1. The average Bonchev–Trinajstić information content (AvgIpc) is 3.20. The van der Waals surface area contributed by atoms with E-state index in [1.165, 1.54) is 33.6 Å². The van der Waals surface area contributed by atoms with Gasteiger partial charge < -0.3 is 10.1 Å². The first-order chi connectivity index (χ1) is 14.6. The van der Waals surface area contributed by atoms with E-state index in [9.17, 15) is 9.59 Å². The molecule has 152 valence electrons. The van der Waals surface area contributed by atoms with Gasteiger partial charge in [-0.1, -0.05) is 29.8 Å². The van der Waals surface area contributed by atoms with Crippen molar-refractivity contribution in [1.82, 2.24) is 9.38 Å². The van der Waals surface area contributed by atoms with Crippen LogP contribution in [0.4, 0.5) is 5.69 Å². The van der Waals surface area contributed by atoms with E-state index < -0.39 is 0 Å². The maximum Gasteiger partial charge on any atom is 0.258 e. The molecule has 1 amide bonds. The number of carbonyl (C=O) groups excluding carboxylic acids is 1. The molecule has 0 unspecified atom stereocenters. The number of nitrogens with zero attached hydrogens (tertiary/aromatic N) is 2. The predicted molar refractivity (Wildman–Crippen MR) is 122 cm³/mol. The van der Waals surface area contributed by atoms with E-state index in [4.69, 9.17) is 16.3 Å². The fraction of sp³-hybridized carbons (Fsp3) is 0.0952. The third-order valence-electron chi connectivity index (χ3n) is 4.03. The Morgan fingerprint density at radius 3 is 2.87 bits per heavy atom. The highest BCUT2D eigenvalue weighted by Crippen LogP contribution is 2.32. The molecule has 0 aliphatic heterocycles. The monoisotopic (exact) mass is 457 g/mol. The van der Waals surface area contributed by atoms with Crippen LogP contribution in [0.15, 0.2) is 71.0 Å². The zero-order valence-corrected chi connectivity index (χ0v) is 18.0. The number of nitrogens with one attached hydrogen (secondary N) is 1. The van der Waals surface area contributed by atoms with Crippen LogP contribution in [0.2, 0.25) is 5.02 Å². The van der Waals surface area contributed by atoms with Crippen LogP contribution in [-0.4, -0.2) is 21.0 Å². The quantitative estimate of drug-likeness (QED) is 0.419. The largest absolute Gasteiger partial charge is 0.455 e. The summed E-state index contributed by atoms with van der Waals surface area (Å²) >= 11 is 8.86. The third kappa shape index (κ3) is 5.02. The molecule has 30 heavy (non-hydrogen) atoms. The zero-order valence-electron chi connectivity index (χ0n) is 15.6. The number of thiazole rings is 1. The average molecular weight is 458 g/mol. The van der Waals surface area contributed by atoms with Crippen molar-refractivity contribution in [3.8, 4) is 11.5 Å². The number of thioether (sulfide) groups is 1. The highest BCUT2D eigenvalue weighted by atomic mass is 35.5. The molecule has 4 rings (SSSR count). The highest BCUT2D eigenvalue weighted by molar-refractivity contribution is 7.99. The second-order valence-electron chi connectivity index (χ2n) is 6.24. The van der Waals surface area contributed by atoms with Gasteiger partial charge in [-0.2, -0.15) is 0 Å². The summed E-state index contributed by atoms with van der Waals surface area (Å²) in [6.07, 6.45) is 1.69. The molecule has 2 heterocycles. The summed E-state index contributed by atoms with van der Waals surface area (Å²) in [5.41, 5.74) is 1.02. The molecule has 0 bridgehead atoms. The number of anilines is 1. The highest BCUT2D eigenvalue weighted by Gasteiger charge is 2.11. The van der Waals surface area contributed by atoms with Crippen LogP contribution in [0.1, 0.15) is 5.69 Å². The van der Waals surface area contributed by atoms with E-state index in [1.807, 2.05) is 35.7 Å². The number of fused-ring (bicyclic) bond motifs is 1. The number of hydrogen-bond donors (Lipinski definition) is 1. The lowest BCUT2D eigenvalue weighted by Crippen LogP contribution is -2.15. The van der Waals surface area contributed by atoms with Crippen molar-refractivity contribution in [1.29, 1.82) is 0 Å². The minimum Gasteiger partial charge on any atom is -0.455 e. The summed E-state index contributed by atoms with van der Waals surface area (Å²) < 4.78 is 7.36. The van der Waals surface area contributed by atoms with Crippen molar-refractivity contribution < 1.29 is 9.53 Å². The van der Waals surface area contributed by atoms with Gasteiger partial charge in [0.25, 0.3) is 5.56 Å². The first-order valence-electron chi connectivity index (χ1n) is 8.94.